The SMILES string of the molecule is CC(C)Cc1nc(C(C)(C)O)cn1-c1ccc(-c2cccc(S(C)(=O)=O)c2)cc1.CCc1ccc(-c2ccc(-n3cc(C(C)(C)O)nc3CC(C)C)cc2)cc1S(C)(=O)=O.CCc1ccc(-c2ccc(-n3cc(C)nc3CC(C)C)cc2)cc1S(C)(=O)=O.Cc1cccc(-c2ccc(-n3cc(C)nc3CC(C)C)cc2)c1. The Morgan fingerprint density at radius 1 is 0.342 bits per heavy atom. The number of aliphatic hydroxyl groups is 2. The maximum absolute atomic E-state index is 12.2. The molecule has 4 heterocycles. The Morgan fingerprint density at radius 2 is 0.622 bits per heavy atom. The van der Waals surface area contributed by atoms with Crippen LogP contribution in [0.1, 0.15) is 160 Å². The quantitative estimate of drug-likeness (QED) is 0.0612. The first-order chi connectivity index (χ1) is 52.1. The minimum atomic E-state index is -3.29. The topological polar surface area (TPSA) is 214 Å². The van der Waals surface area contributed by atoms with Crippen molar-refractivity contribution in [1.82, 2.24) is 38.2 Å². The van der Waals surface area contributed by atoms with E-state index in [1.54, 1.807) is 58.0 Å². The first kappa shape index (κ1) is 85.4. The standard InChI is InChI=1S/C25H32N2O3S.C23H28N2O3S.C23H28N2O2S.C21H24N2/c1-7-18-8-9-20(15-22(18)31(6,29)30)19-10-12-21(13-11-19)27-16-23(25(4,5)28)26-24(27)14-17(2)3;1-16(2)13-22-24-21(23(3,4)26)15-25(22)19-11-9-17(10-12-19)18-7-6-8-20(14-18)29(5,27)28;1-6-18-7-8-20(14-22(18)28(5,26)27)19-9-11-21(12-10-19)25-15-17(4)24-23(25)13-16(2)3;1-15(2)12-21-22-17(4)14-23(21)20-10-8-18(9-11-20)19-7-5-6-16(3)13-19/h8-13,15-17,28H,7,14H2,1-6H3;6-12,14-16,26H,13H2,1-5H3;7-12,14-16H,6,13H2,1-5H3;5-11,13-15H,12H2,1-4H3. The highest BCUT2D eigenvalue weighted by Gasteiger charge is 2.26. The highest BCUT2D eigenvalue weighted by atomic mass is 32.2. The molecule has 0 fully saturated rings. The van der Waals surface area contributed by atoms with Crippen LogP contribution in [0.15, 0.2) is 221 Å². The van der Waals surface area contributed by atoms with Gasteiger partial charge in [-0.3, -0.25) is 0 Å². The molecule has 111 heavy (non-hydrogen) atoms. The number of hydrogen-bond donors (Lipinski definition) is 2. The van der Waals surface area contributed by atoms with Gasteiger partial charge in [0.05, 0.1) is 37.5 Å². The molecule has 0 unspecified atom stereocenters. The van der Waals surface area contributed by atoms with Crippen molar-refractivity contribution in [2.45, 2.75) is 182 Å². The van der Waals surface area contributed by atoms with Crippen molar-refractivity contribution in [3.05, 3.63) is 270 Å². The zero-order valence-electron chi connectivity index (χ0n) is 68.3. The van der Waals surface area contributed by atoms with Gasteiger partial charge in [-0.25, -0.2) is 45.2 Å². The number of aryl methyl sites for hydroxylation is 5. The number of rotatable bonds is 23. The lowest BCUT2D eigenvalue weighted by Gasteiger charge is -2.13. The summed E-state index contributed by atoms with van der Waals surface area (Å²) >= 11 is 0. The Bertz CT molecular complexity index is 5520. The van der Waals surface area contributed by atoms with Gasteiger partial charge in [-0.1, -0.05) is 184 Å². The number of nitrogens with zero attached hydrogens (tertiary/aromatic N) is 8. The molecule has 0 radical (unpaired) electrons. The molecular weight excluding hydrogens is 1440 g/mol. The molecule has 586 valence electrons. The molecule has 0 amide bonds. The lowest BCUT2D eigenvalue weighted by Crippen LogP contribution is -2.16. The second kappa shape index (κ2) is 35.8. The Morgan fingerprint density at radius 3 is 0.901 bits per heavy atom. The molecule has 0 saturated heterocycles. The molecule has 16 nitrogen and oxygen atoms in total. The molecule has 12 rings (SSSR count). The van der Waals surface area contributed by atoms with Gasteiger partial charge in [0.25, 0.3) is 0 Å². The van der Waals surface area contributed by atoms with E-state index >= 15 is 0 Å². The summed E-state index contributed by atoms with van der Waals surface area (Å²) in [5, 5.41) is 20.8. The fourth-order valence-corrected chi connectivity index (χ4v) is 15.9. The van der Waals surface area contributed by atoms with E-state index in [1.807, 2.05) is 133 Å². The first-order valence-corrected chi connectivity index (χ1v) is 43.9. The fourth-order valence-electron chi connectivity index (χ4n) is 13.2. The lowest BCUT2D eigenvalue weighted by molar-refractivity contribution is 0.0736. The number of aromatic nitrogens is 8. The van der Waals surface area contributed by atoms with E-state index in [4.69, 9.17) is 0 Å². The van der Waals surface area contributed by atoms with Crippen molar-refractivity contribution >= 4 is 29.5 Å². The van der Waals surface area contributed by atoms with E-state index in [9.17, 15) is 35.5 Å². The Balaban J connectivity index is 0.000000171. The summed E-state index contributed by atoms with van der Waals surface area (Å²) in [5.74, 6) is 6.02. The van der Waals surface area contributed by atoms with Gasteiger partial charge in [-0.2, -0.15) is 0 Å². The van der Waals surface area contributed by atoms with Gasteiger partial charge < -0.3 is 28.5 Å². The monoisotopic (exact) mass is 1550 g/mol. The van der Waals surface area contributed by atoms with Gasteiger partial charge >= 0.3 is 0 Å². The molecule has 8 aromatic carbocycles. The Kier molecular flexibility index (Phi) is 27.5. The second-order valence-corrected chi connectivity index (χ2v) is 37.9. The van der Waals surface area contributed by atoms with Crippen LogP contribution < -0.4 is 0 Å². The largest absolute Gasteiger partial charge is 0.384 e. The lowest BCUT2D eigenvalue weighted by atomic mass is 10.0. The normalized spacial score (nSPS) is 12.1. The summed E-state index contributed by atoms with van der Waals surface area (Å²) in [4.78, 5) is 19.8. The zero-order chi connectivity index (χ0) is 81.2. The van der Waals surface area contributed by atoms with Crippen LogP contribution in [0.2, 0.25) is 0 Å². The van der Waals surface area contributed by atoms with Crippen molar-refractivity contribution in [2.75, 3.05) is 18.8 Å². The predicted molar refractivity (Wildman–Crippen MR) is 453 cm³/mol. The van der Waals surface area contributed by atoms with E-state index in [0.29, 0.717) is 62.6 Å². The summed E-state index contributed by atoms with van der Waals surface area (Å²) in [5.41, 5.74) is 16.5. The molecule has 0 aliphatic carbocycles. The van der Waals surface area contributed by atoms with Gasteiger partial charge in [0.2, 0.25) is 0 Å². The van der Waals surface area contributed by atoms with Crippen LogP contribution in [0.5, 0.6) is 0 Å². The van der Waals surface area contributed by atoms with Crippen molar-refractivity contribution in [2.24, 2.45) is 23.7 Å². The third-order valence-corrected chi connectivity index (χ3v) is 22.3. The maximum Gasteiger partial charge on any atom is 0.175 e. The number of hydrogen-bond acceptors (Lipinski definition) is 12. The number of benzene rings is 8. The smallest absolute Gasteiger partial charge is 0.175 e. The zero-order valence-corrected chi connectivity index (χ0v) is 70.8. The third-order valence-electron chi connectivity index (χ3n) is 18.9. The van der Waals surface area contributed by atoms with E-state index in [-0.39, 0.29) is 0 Å². The highest BCUT2D eigenvalue weighted by molar-refractivity contribution is 7.91. The first-order valence-electron chi connectivity index (χ1n) is 38.2. The minimum Gasteiger partial charge on any atom is -0.384 e. The fraction of sp³-hybridized carbons (Fsp3) is 0.348. The van der Waals surface area contributed by atoms with Crippen molar-refractivity contribution < 1.29 is 35.5 Å². The average molecular weight is 1550 g/mol. The average Bonchev–Trinajstić information content (AvgIpc) is 1.78. The van der Waals surface area contributed by atoms with Crippen LogP contribution in [0.3, 0.4) is 0 Å². The Labute approximate surface area is 660 Å². The number of sulfone groups is 3. The molecule has 0 atom stereocenters. The van der Waals surface area contributed by atoms with Crippen LogP contribution >= 0.6 is 0 Å². The minimum absolute atomic E-state index is 0.308. The van der Waals surface area contributed by atoms with Crippen molar-refractivity contribution in [3.8, 4) is 67.3 Å². The molecule has 0 bridgehead atoms. The van der Waals surface area contributed by atoms with Crippen LogP contribution in [0.4, 0.5) is 0 Å². The predicted octanol–water partition coefficient (Wildman–Crippen LogP) is 19.7. The van der Waals surface area contributed by atoms with E-state index < -0.39 is 40.7 Å². The van der Waals surface area contributed by atoms with E-state index in [2.05, 4.69) is 171 Å². The van der Waals surface area contributed by atoms with Gasteiger partial charge in [0.15, 0.2) is 29.5 Å². The van der Waals surface area contributed by atoms with Crippen molar-refractivity contribution in [1.29, 1.82) is 0 Å². The molecule has 0 aliphatic rings. The second-order valence-electron chi connectivity index (χ2n) is 31.9. The summed E-state index contributed by atoms with van der Waals surface area (Å²) < 4.78 is 80.8. The highest BCUT2D eigenvalue weighted by Crippen LogP contribution is 2.33. The molecule has 0 spiro atoms. The van der Waals surface area contributed by atoms with Crippen molar-refractivity contribution in [3.63, 3.8) is 0 Å². The van der Waals surface area contributed by atoms with E-state index in [1.165, 1.54) is 41.1 Å². The molecule has 0 aliphatic heterocycles. The van der Waals surface area contributed by atoms with Gasteiger partial charge in [0.1, 0.15) is 34.5 Å². The van der Waals surface area contributed by atoms with Gasteiger partial charge in [-0.15, -0.1) is 0 Å². The summed E-state index contributed by atoms with van der Waals surface area (Å²) in [6.45, 7) is 34.5. The Hall–Kier alpha value is -9.63. The molecule has 19 heteroatoms. The molecule has 4 aromatic heterocycles. The summed E-state index contributed by atoms with van der Waals surface area (Å²) in [6, 6.07) is 59.8. The van der Waals surface area contributed by atoms with E-state index in [0.717, 1.165) is 122 Å². The van der Waals surface area contributed by atoms with Crippen LogP contribution in [-0.4, -0.2) is 92.4 Å². The molecule has 2 N–H and O–H groups in total. The molecule has 12 aromatic rings. The maximum atomic E-state index is 12.2. The van der Waals surface area contributed by atoms with Crippen LogP contribution in [-0.2, 0) is 79.2 Å². The molecule has 0 saturated carbocycles. The summed E-state index contributed by atoms with van der Waals surface area (Å²) in [7, 11) is -9.79. The van der Waals surface area contributed by atoms with Gasteiger partial charge in [-0.05, 0) is 213 Å². The summed E-state index contributed by atoms with van der Waals surface area (Å²) in [6.07, 6.45) is 16.6. The molecular formula is C92H112N8O8S3. The number of imidazole rings is 4. The van der Waals surface area contributed by atoms with Crippen LogP contribution in [0.25, 0.3) is 67.3 Å². The third kappa shape index (κ3) is 22.8. The van der Waals surface area contributed by atoms with Crippen LogP contribution in [0, 0.1) is 44.4 Å². The van der Waals surface area contributed by atoms with Gasteiger partial charge in [0, 0.05) is 92.0 Å².